The smallest absolute Gasteiger partial charge is 0.306 e. The number of ether oxygens (including phenoxy) is 3. The maximum atomic E-state index is 12.7. The minimum atomic E-state index is -0.757. The number of carbonyl (C=O) groups is 3. The average Bonchev–Trinajstić information content (AvgIpc) is 3.12. The first kappa shape index (κ1) is 49.4. The Morgan fingerprint density at radius 3 is 0.784 bits per heavy atom. The molecule has 0 bridgehead atoms. The summed E-state index contributed by atoms with van der Waals surface area (Å²) in [6, 6.07) is 0. The highest BCUT2D eigenvalue weighted by Gasteiger charge is 2.19. The van der Waals surface area contributed by atoms with Gasteiger partial charge in [-0.25, -0.2) is 0 Å². The summed E-state index contributed by atoms with van der Waals surface area (Å²) in [5.74, 6) is -0.855. The highest BCUT2D eigenvalue weighted by Crippen LogP contribution is 2.15. The number of esters is 3. The van der Waals surface area contributed by atoms with Crippen molar-refractivity contribution in [1.82, 2.24) is 0 Å². The normalized spacial score (nSPS) is 11.8. The van der Waals surface area contributed by atoms with Crippen molar-refractivity contribution in [3.63, 3.8) is 0 Å². The van der Waals surface area contributed by atoms with Crippen LogP contribution in [0, 0.1) is 0 Å². The lowest BCUT2D eigenvalue weighted by atomic mass is 10.0. The molecule has 1 atom stereocenters. The maximum absolute atomic E-state index is 12.7. The SMILES string of the molecule is CCCCCCCCCCCCCCC(=O)OC[C@@H](COC(=O)CCCCCCCCCCC)OC(=O)CCCCCCCCCCCCCC. The predicted octanol–water partition coefficient (Wildman–Crippen LogP) is 14.1. The van der Waals surface area contributed by atoms with Crippen LogP contribution in [0.3, 0.4) is 0 Å². The summed E-state index contributed by atoms with van der Waals surface area (Å²) in [7, 11) is 0. The Bertz CT molecular complexity index is 753. The Morgan fingerprint density at radius 2 is 0.529 bits per heavy atom. The highest BCUT2D eigenvalue weighted by molar-refractivity contribution is 5.71. The lowest BCUT2D eigenvalue weighted by Gasteiger charge is -2.18. The Balaban J connectivity index is 4.31. The number of hydrogen-bond donors (Lipinski definition) is 0. The zero-order chi connectivity index (χ0) is 37.3. The molecule has 6 nitrogen and oxygen atoms in total. The van der Waals surface area contributed by atoms with Gasteiger partial charge in [-0.3, -0.25) is 14.4 Å². The molecule has 0 saturated heterocycles. The van der Waals surface area contributed by atoms with Crippen molar-refractivity contribution in [2.24, 2.45) is 0 Å². The van der Waals surface area contributed by atoms with Crippen LogP contribution < -0.4 is 0 Å². The molecule has 0 aliphatic carbocycles. The van der Waals surface area contributed by atoms with Crippen molar-refractivity contribution in [2.75, 3.05) is 13.2 Å². The monoisotopic (exact) mass is 723 g/mol. The van der Waals surface area contributed by atoms with Gasteiger partial charge in [0, 0.05) is 19.3 Å². The van der Waals surface area contributed by atoms with Gasteiger partial charge in [-0.15, -0.1) is 0 Å². The molecule has 0 aliphatic rings. The molecular formula is C45H86O6. The van der Waals surface area contributed by atoms with Crippen molar-refractivity contribution in [3.05, 3.63) is 0 Å². The molecule has 0 heterocycles. The molecule has 0 saturated carbocycles. The van der Waals surface area contributed by atoms with Gasteiger partial charge in [0.15, 0.2) is 6.10 Å². The van der Waals surface area contributed by atoms with Crippen molar-refractivity contribution < 1.29 is 28.6 Å². The van der Waals surface area contributed by atoms with Gasteiger partial charge in [0.25, 0.3) is 0 Å². The topological polar surface area (TPSA) is 78.9 Å². The van der Waals surface area contributed by atoms with Crippen LogP contribution in [0.4, 0.5) is 0 Å². The molecular weight excluding hydrogens is 636 g/mol. The zero-order valence-corrected chi connectivity index (χ0v) is 34.4. The maximum Gasteiger partial charge on any atom is 0.306 e. The summed E-state index contributed by atoms with van der Waals surface area (Å²) >= 11 is 0. The third-order valence-electron chi connectivity index (χ3n) is 10.1. The van der Waals surface area contributed by atoms with E-state index in [2.05, 4.69) is 20.8 Å². The van der Waals surface area contributed by atoms with Crippen LogP contribution in [0.25, 0.3) is 0 Å². The number of rotatable bonds is 41. The van der Waals surface area contributed by atoms with Crippen LogP contribution in [0.2, 0.25) is 0 Å². The van der Waals surface area contributed by atoms with Gasteiger partial charge in [-0.2, -0.15) is 0 Å². The zero-order valence-electron chi connectivity index (χ0n) is 34.4. The molecule has 0 fully saturated rings. The van der Waals surface area contributed by atoms with E-state index in [4.69, 9.17) is 14.2 Å². The largest absolute Gasteiger partial charge is 0.462 e. The van der Waals surface area contributed by atoms with E-state index in [9.17, 15) is 14.4 Å². The molecule has 6 heteroatoms. The first-order valence-electron chi connectivity index (χ1n) is 22.5. The van der Waals surface area contributed by atoms with Crippen molar-refractivity contribution >= 4 is 17.9 Å². The molecule has 0 aromatic heterocycles. The van der Waals surface area contributed by atoms with Gasteiger partial charge < -0.3 is 14.2 Å². The standard InChI is InChI=1S/C45H86O6/c1-4-7-10-13-16-19-21-23-26-29-32-35-38-44(47)50-41-42(40-49-43(46)37-34-31-28-25-18-15-12-9-6-3)51-45(48)39-36-33-30-27-24-22-20-17-14-11-8-5-2/h42H,4-41H2,1-3H3/t42-/m1/s1. The van der Waals surface area contributed by atoms with E-state index in [-0.39, 0.29) is 31.1 Å². The summed E-state index contributed by atoms with van der Waals surface area (Å²) in [6.07, 6.45) is 40.8. The van der Waals surface area contributed by atoms with Crippen molar-refractivity contribution in [2.45, 2.75) is 258 Å². The molecule has 0 aromatic rings. The minimum absolute atomic E-state index is 0.0629. The predicted molar refractivity (Wildman–Crippen MR) is 215 cm³/mol. The summed E-state index contributed by atoms with van der Waals surface area (Å²) < 4.78 is 16.7. The van der Waals surface area contributed by atoms with Gasteiger partial charge >= 0.3 is 17.9 Å². The van der Waals surface area contributed by atoms with E-state index in [0.29, 0.717) is 19.3 Å². The van der Waals surface area contributed by atoms with Gasteiger partial charge in [0.2, 0.25) is 0 Å². The Kier molecular flexibility index (Phi) is 39.9. The molecule has 0 N–H and O–H groups in total. The Labute approximate surface area is 317 Å². The third-order valence-corrected chi connectivity index (χ3v) is 10.1. The lowest BCUT2D eigenvalue weighted by Crippen LogP contribution is -2.30. The van der Waals surface area contributed by atoms with E-state index in [1.807, 2.05) is 0 Å². The molecule has 51 heavy (non-hydrogen) atoms. The summed E-state index contributed by atoms with van der Waals surface area (Å²) in [6.45, 7) is 6.63. The summed E-state index contributed by atoms with van der Waals surface area (Å²) in [5.41, 5.74) is 0. The van der Waals surface area contributed by atoms with Gasteiger partial charge in [0.05, 0.1) is 0 Å². The highest BCUT2D eigenvalue weighted by atomic mass is 16.6. The first-order chi connectivity index (χ1) is 25.0. The van der Waals surface area contributed by atoms with Crippen LogP contribution >= 0.6 is 0 Å². The third kappa shape index (κ3) is 39.5. The fourth-order valence-corrected chi connectivity index (χ4v) is 6.68. The molecule has 0 amide bonds. The second-order valence-corrected chi connectivity index (χ2v) is 15.3. The van der Waals surface area contributed by atoms with E-state index in [1.54, 1.807) is 0 Å². The van der Waals surface area contributed by atoms with Gasteiger partial charge in [-0.1, -0.05) is 213 Å². The molecule has 302 valence electrons. The average molecular weight is 723 g/mol. The fourth-order valence-electron chi connectivity index (χ4n) is 6.68. The van der Waals surface area contributed by atoms with Crippen molar-refractivity contribution in [1.29, 1.82) is 0 Å². The second kappa shape index (κ2) is 41.2. The van der Waals surface area contributed by atoms with Gasteiger partial charge in [0.1, 0.15) is 13.2 Å². The number of carbonyl (C=O) groups excluding carboxylic acids is 3. The van der Waals surface area contributed by atoms with Crippen LogP contribution in [-0.2, 0) is 28.6 Å². The summed E-state index contributed by atoms with van der Waals surface area (Å²) in [4.78, 5) is 37.6. The molecule has 0 radical (unpaired) electrons. The molecule has 0 aliphatic heterocycles. The quantitative estimate of drug-likeness (QED) is 0.0355. The second-order valence-electron chi connectivity index (χ2n) is 15.3. The molecule has 0 unspecified atom stereocenters. The Morgan fingerprint density at radius 1 is 0.314 bits per heavy atom. The lowest BCUT2D eigenvalue weighted by molar-refractivity contribution is -0.167. The van der Waals surface area contributed by atoms with Crippen LogP contribution in [-0.4, -0.2) is 37.2 Å². The summed E-state index contributed by atoms with van der Waals surface area (Å²) in [5, 5.41) is 0. The van der Waals surface area contributed by atoms with Crippen LogP contribution in [0.15, 0.2) is 0 Å². The van der Waals surface area contributed by atoms with Crippen LogP contribution in [0.5, 0.6) is 0 Å². The van der Waals surface area contributed by atoms with Gasteiger partial charge in [-0.05, 0) is 19.3 Å². The first-order valence-corrected chi connectivity index (χ1v) is 22.5. The number of hydrogen-bond acceptors (Lipinski definition) is 6. The van der Waals surface area contributed by atoms with E-state index in [0.717, 1.165) is 57.8 Å². The number of unbranched alkanes of at least 4 members (excludes halogenated alkanes) is 30. The molecule has 0 aromatic carbocycles. The molecule has 0 spiro atoms. The van der Waals surface area contributed by atoms with Crippen LogP contribution in [0.1, 0.15) is 252 Å². The fraction of sp³-hybridized carbons (Fsp3) is 0.933. The van der Waals surface area contributed by atoms with E-state index < -0.39 is 6.10 Å². The van der Waals surface area contributed by atoms with Crippen molar-refractivity contribution in [3.8, 4) is 0 Å². The minimum Gasteiger partial charge on any atom is -0.462 e. The van der Waals surface area contributed by atoms with E-state index in [1.165, 1.54) is 154 Å². The molecule has 0 rings (SSSR count). The van der Waals surface area contributed by atoms with E-state index >= 15 is 0 Å². The Hall–Kier alpha value is -1.59.